The van der Waals surface area contributed by atoms with Crippen molar-refractivity contribution in [3.63, 3.8) is 0 Å². The van der Waals surface area contributed by atoms with Crippen molar-refractivity contribution in [3.8, 4) is 11.5 Å². The SMILES string of the molecule is O=P(OC[C@H]1O[C@@H](COCc2ccccc2)[C@@H](OCc2ccccc2)[C@@H]1OCc1ccccc1)(Oc1ccccc1)Oc1ccccc1. The van der Waals surface area contributed by atoms with E-state index in [4.69, 9.17) is 32.5 Å². The van der Waals surface area contributed by atoms with Crippen molar-refractivity contribution in [2.45, 2.75) is 44.2 Å². The Hall–Kier alpha value is -4.27. The predicted octanol–water partition coefficient (Wildman–Crippen LogP) is 8.42. The van der Waals surface area contributed by atoms with Gasteiger partial charge in [-0.25, -0.2) is 4.57 Å². The van der Waals surface area contributed by atoms with Crippen LogP contribution in [0.1, 0.15) is 16.7 Å². The molecular weight excluding hydrogens is 627 g/mol. The van der Waals surface area contributed by atoms with E-state index in [-0.39, 0.29) is 13.2 Å². The third-order valence-corrected chi connectivity index (χ3v) is 9.02. The van der Waals surface area contributed by atoms with Gasteiger partial charge in [-0.05, 0) is 41.0 Å². The molecule has 0 amide bonds. The second-order valence-corrected chi connectivity index (χ2v) is 12.8. The van der Waals surface area contributed by atoms with Gasteiger partial charge >= 0.3 is 7.82 Å². The Morgan fingerprint density at radius 1 is 0.479 bits per heavy atom. The topological polar surface area (TPSA) is 81.7 Å². The molecule has 48 heavy (non-hydrogen) atoms. The summed E-state index contributed by atoms with van der Waals surface area (Å²) in [5.74, 6) is 0.689. The quantitative estimate of drug-likeness (QED) is 0.0916. The molecule has 0 spiro atoms. The van der Waals surface area contributed by atoms with E-state index in [1.54, 1.807) is 48.5 Å². The summed E-state index contributed by atoms with van der Waals surface area (Å²) < 4.78 is 57.7. The molecule has 6 rings (SSSR count). The molecule has 0 aliphatic carbocycles. The molecule has 0 saturated carbocycles. The molecule has 5 aromatic carbocycles. The Morgan fingerprint density at radius 3 is 1.29 bits per heavy atom. The highest BCUT2D eigenvalue weighted by Crippen LogP contribution is 2.50. The number of benzene rings is 5. The minimum absolute atomic E-state index is 0.156. The average Bonchev–Trinajstić information content (AvgIpc) is 3.47. The van der Waals surface area contributed by atoms with Crippen LogP contribution in [0.5, 0.6) is 11.5 Å². The number of hydrogen-bond acceptors (Lipinski definition) is 8. The summed E-state index contributed by atoms with van der Waals surface area (Å²) in [5.41, 5.74) is 3.05. The zero-order valence-electron chi connectivity index (χ0n) is 26.5. The van der Waals surface area contributed by atoms with Gasteiger partial charge in [-0.3, -0.25) is 4.52 Å². The van der Waals surface area contributed by atoms with Crippen molar-refractivity contribution in [2.24, 2.45) is 0 Å². The van der Waals surface area contributed by atoms with Crippen LogP contribution >= 0.6 is 7.82 Å². The monoisotopic (exact) mass is 666 g/mol. The number of para-hydroxylation sites is 2. The Morgan fingerprint density at radius 2 is 0.854 bits per heavy atom. The van der Waals surface area contributed by atoms with Crippen LogP contribution in [0.15, 0.2) is 152 Å². The molecular formula is C39H39O8P. The van der Waals surface area contributed by atoms with Gasteiger partial charge in [0.15, 0.2) is 0 Å². The second-order valence-electron chi connectivity index (χ2n) is 11.3. The van der Waals surface area contributed by atoms with Crippen molar-refractivity contribution in [2.75, 3.05) is 13.2 Å². The third-order valence-electron chi connectivity index (χ3n) is 7.69. The number of phosphoric ester groups is 1. The molecule has 1 fully saturated rings. The van der Waals surface area contributed by atoms with E-state index >= 15 is 0 Å². The zero-order chi connectivity index (χ0) is 32.9. The van der Waals surface area contributed by atoms with E-state index < -0.39 is 32.2 Å². The largest absolute Gasteiger partial charge is 0.587 e. The molecule has 1 aliphatic rings. The first-order valence-corrected chi connectivity index (χ1v) is 17.4. The van der Waals surface area contributed by atoms with Gasteiger partial charge in [0.2, 0.25) is 0 Å². The fraction of sp³-hybridized carbons (Fsp3) is 0.231. The number of ether oxygens (including phenoxy) is 4. The number of rotatable bonds is 17. The van der Waals surface area contributed by atoms with E-state index in [2.05, 4.69) is 0 Å². The average molecular weight is 667 g/mol. The Balaban J connectivity index is 1.23. The van der Waals surface area contributed by atoms with E-state index in [1.807, 2.05) is 103 Å². The van der Waals surface area contributed by atoms with Crippen molar-refractivity contribution in [1.82, 2.24) is 0 Å². The maximum Gasteiger partial charge on any atom is 0.587 e. The van der Waals surface area contributed by atoms with Crippen molar-refractivity contribution >= 4 is 7.82 Å². The molecule has 1 aliphatic heterocycles. The standard InChI is InChI=1S/C39H39O8P/c40-48(46-34-22-12-4-13-23-34,47-35-24-14-5-15-25-35)44-30-37-39(43-28-33-20-10-3-11-21-33)38(42-27-32-18-8-2-9-19-32)36(45-37)29-41-26-31-16-6-1-7-17-31/h1-25,36-39H,26-30H2/t36-,37+,38+,39+/m0/s1. The van der Waals surface area contributed by atoms with Crippen LogP contribution in [0, 0.1) is 0 Å². The van der Waals surface area contributed by atoms with Crippen LogP contribution in [0.2, 0.25) is 0 Å². The highest BCUT2D eigenvalue weighted by atomic mass is 31.2. The fourth-order valence-corrected chi connectivity index (χ4v) is 6.56. The molecule has 0 unspecified atom stereocenters. The smallest absolute Gasteiger partial charge is 0.395 e. The van der Waals surface area contributed by atoms with Gasteiger partial charge in [-0.1, -0.05) is 127 Å². The Bertz CT molecular complexity index is 1630. The summed E-state index contributed by atoms with van der Waals surface area (Å²) >= 11 is 0. The van der Waals surface area contributed by atoms with Crippen LogP contribution in [-0.4, -0.2) is 37.6 Å². The molecule has 8 nitrogen and oxygen atoms in total. The second kappa shape index (κ2) is 17.2. The Labute approximate surface area is 281 Å². The van der Waals surface area contributed by atoms with Crippen LogP contribution in [0.3, 0.4) is 0 Å². The lowest BCUT2D eigenvalue weighted by Gasteiger charge is -2.26. The van der Waals surface area contributed by atoms with Crippen molar-refractivity contribution < 1.29 is 37.1 Å². The van der Waals surface area contributed by atoms with Crippen molar-refractivity contribution in [3.05, 3.63) is 168 Å². The first kappa shape index (κ1) is 33.6. The molecule has 0 bridgehead atoms. The summed E-state index contributed by atoms with van der Waals surface area (Å²) in [6.45, 7) is 1.15. The molecule has 0 N–H and O–H groups in total. The minimum atomic E-state index is -4.19. The maximum absolute atomic E-state index is 14.2. The number of phosphoric acid groups is 1. The van der Waals surface area contributed by atoms with Crippen molar-refractivity contribution in [1.29, 1.82) is 0 Å². The summed E-state index contributed by atoms with van der Waals surface area (Å²) in [6, 6.07) is 47.3. The molecule has 248 valence electrons. The van der Waals surface area contributed by atoms with E-state index in [0.29, 0.717) is 31.3 Å². The molecule has 1 saturated heterocycles. The summed E-state index contributed by atoms with van der Waals surface area (Å²) in [7, 11) is -4.19. The summed E-state index contributed by atoms with van der Waals surface area (Å²) in [5, 5.41) is 0. The van der Waals surface area contributed by atoms with E-state index in [1.165, 1.54) is 0 Å². The zero-order valence-corrected chi connectivity index (χ0v) is 27.4. The Kier molecular flexibility index (Phi) is 12.1. The minimum Gasteiger partial charge on any atom is -0.395 e. The van der Waals surface area contributed by atoms with Crippen LogP contribution in [0.4, 0.5) is 0 Å². The van der Waals surface area contributed by atoms with Gasteiger partial charge in [-0.15, -0.1) is 0 Å². The van der Waals surface area contributed by atoms with E-state index in [0.717, 1.165) is 16.7 Å². The van der Waals surface area contributed by atoms with Crippen LogP contribution in [-0.2, 0) is 47.9 Å². The van der Waals surface area contributed by atoms with Gasteiger partial charge in [0, 0.05) is 0 Å². The highest BCUT2D eigenvalue weighted by Gasteiger charge is 2.48. The lowest BCUT2D eigenvalue weighted by Crippen LogP contribution is -2.40. The van der Waals surface area contributed by atoms with E-state index in [9.17, 15) is 4.57 Å². The molecule has 1 heterocycles. The first-order chi connectivity index (χ1) is 23.6. The van der Waals surface area contributed by atoms with Gasteiger partial charge in [0.05, 0.1) is 33.0 Å². The van der Waals surface area contributed by atoms with Gasteiger partial charge in [-0.2, -0.15) is 0 Å². The van der Waals surface area contributed by atoms with Crippen LogP contribution in [0.25, 0.3) is 0 Å². The third kappa shape index (κ3) is 9.87. The normalized spacial score (nSPS) is 19.2. The molecule has 0 aromatic heterocycles. The summed E-state index contributed by atoms with van der Waals surface area (Å²) in [4.78, 5) is 0. The summed E-state index contributed by atoms with van der Waals surface area (Å²) in [6.07, 6.45) is -2.31. The lowest BCUT2D eigenvalue weighted by molar-refractivity contribution is -0.0901. The van der Waals surface area contributed by atoms with Gasteiger partial charge < -0.3 is 28.0 Å². The fourth-order valence-electron chi connectivity index (χ4n) is 5.33. The van der Waals surface area contributed by atoms with Gasteiger partial charge in [0.25, 0.3) is 0 Å². The molecule has 0 radical (unpaired) electrons. The van der Waals surface area contributed by atoms with Crippen LogP contribution < -0.4 is 9.05 Å². The highest BCUT2D eigenvalue weighted by molar-refractivity contribution is 7.49. The molecule has 5 aromatic rings. The number of hydrogen-bond donors (Lipinski definition) is 0. The maximum atomic E-state index is 14.2. The van der Waals surface area contributed by atoms with Gasteiger partial charge in [0.1, 0.15) is 35.9 Å². The molecule has 4 atom stereocenters. The predicted molar refractivity (Wildman–Crippen MR) is 182 cm³/mol. The molecule has 9 heteroatoms. The first-order valence-electron chi connectivity index (χ1n) is 16.0. The lowest BCUT2D eigenvalue weighted by atomic mass is 10.1.